The summed E-state index contributed by atoms with van der Waals surface area (Å²) in [7, 11) is -4.64. The minimum Gasteiger partial charge on any atom is -0.354 e. The Bertz CT molecular complexity index is 1880. The summed E-state index contributed by atoms with van der Waals surface area (Å²) in [5.41, 5.74) is -0.639. The zero-order valence-corrected chi connectivity index (χ0v) is 29.5. The molecule has 0 fully saturated rings. The molecule has 4 aromatic rings. The van der Waals surface area contributed by atoms with Crippen LogP contribution in [0.25, 0.3) is 0 Å². The van der Waals surface area contributed by atoms with Crippen LogP contribution in [0.15, 0.2) is 102 Å². The quantitative estimate of drug-likeness (QED) is 0.149. The fourth-order valence-electron chi connectivity index (χ4n) is 4.94. The van der Waals surface area contributed by atoms with Crippen molar-refractivity contribution in [2.75, 3.05) is 17.4 Å². The monoisotopic (exact) mass is 753 g/mol. The molecule has 0 saturated heterocycles. The Kier molecular flexibility index (Phi) is 12.6. The predicted octanol–water partition coefficient (Wildman–Crippen LogP) is 8.27. The van der Waals surface area contributed by atoms with Crippen molar-refractivity contribution in [3.63, 3.8) is 0 Å². The Morgan fingerprint density at radius 1 is 0.837 bits per heavy atom. The van der Waals surface area contributed by atoms with Crippen LogP contribution in [0.4, 0.5) is 18.9 Å². The summed E-state index contributed by atoms with van der Waals surface area (Å²) in [5, 5.41) is 2.72. The fraction of sp³-hybridized carbons (Fsp3) is 0.257. The molecular formula is C35H33Cl3F3N3O4S. The lowest BCUT2D eigenvalue weighted by molar-refractivity contribution is -0.140. The van der Waals surface area contributed by atoms with Crippen molar-refractivity contribution in [1.29, 1.82) is 0 Å². The Morgan fingerprint density at radius 2 is 1.47 bits per heavy atom. The Labute approximate surface area is 298 Å². The molecule has 0 aromatic heterocycles. The largest absolute Gasteiger partial charge is 0.417 e. The lowest BCUT2D eigenvalue weighted by Crippen LogP contribution is -2.53. The van der Waals surface area contributed by atoms with Crippen molar-refractivity contribution in [3.05, 3.63) is 129 Å². The first-order valence-corrected chi connectivity index (χ1v) is 17.6. The molecule has 1 N–H and O–H groups in total. The summed E-state index contributed by atoms with van der Waals surface area (Å²) < 4.78 is 70.6. The molecule has 49 heavy (non-hydrogen) atoms. The van der Waals surface area contributed by atoms with Crippen LogP contribution in [0.5, 0.6) is 0 Å². The molecule has 4 aromatic carbocycles. The van der Waals surface area contributed by atoms with Crippen LogP contribution in [0.3, 0.4) is 0 Å². The van der Waals surface area contributed by atoms with Crippen LogP contribution in [0.1, 0.15) is 30.5 Å². The van der Waals surface area contributed by atoms with E-state index in [9.17, 15) is 31.2 Å². The van der Waals surface area contributed by atoms with Crippen LogP contribution in [-0.2, 0) is 38.8 Å². The van der Waals surface area contributed by atoms with Crippen LogP contribution < -0.4 is 9.62 Å². The van der Waals surface area contributed by atoms with Crippen molar-refractivity contribution >= 4 is 62.3 Å². The molecule has 0 aliphatic rings. The molecule has 2 amide bonds. The van der Waals surface area contributed by atoms with Gasteiger partial charge in [-0.1, -0.05) is 103 Å². The Morgan fingerprint density at radius 3 is 2.06 bits per heavy atom. The molecular weight excluding hydrogens is 722 g/mol. The molecule has 14 heteroatoms. The van der Waals surface area contributed by atoms with Gasteiger partial charge in [-0.2, -0.15) is 13.2 Å². The number of nitrogens with zero attached hydrogens (tertiary/aromatic N) is 2. The maximum atomic E-state index is 14.5. The van der Waals surface area contributed by atoms with E-state index in [1.807, 2.05) is 13.8 Å². The van der Waals surface area contributed by atoms with Crippen LogP contribution >= 0.6 is 34.8 Å². The molecule has 7 nitrogen and oxygen atoms in total. The summed E-state index contributed by atoms with van der Waals surface area (Å²) in [6.45, 7) is 2.86. The van der Waals surface area contributed by atoms with Gasteiger partial charge >= 0.3 is 6.18 Å². The Balaban J connectivity index is 1.87. The molecule has 0 bridgehead atoms. The number of nitrogens with one attached hydrogen (secondary N) is 1. The second-order valence-corrected chi connectivity index (χ2v) is 14.7. The molecule has 4 rings (SSSR count). The van der Waals surface area contributed by atoms with E-state index in [1.54, 1.807) is 48.5 Å². The summed E-state index contributed by atoms with van der Waals surface area (Å²) in [5.74, 6) is -1.33. The number of hydrogen-bond donors (Lipinski definition) is 1. The number of carbonyl (C=O) groups is 2. The zero-order valence-electron chi connectivity index (χ0n) is 26.4. The third-order valence-electron chi connectivity index (χ3n) is 7.46. The number of anilines is 1. The molecule has 0 saturated carbocycles. The topological polar surface area (TPSA) is 86.8 Å². The number of amides is 2. The normalized spacial score (nSPS) is 12.4. The molecule has 0 heterocycles. The van der Waals surface area contributed by atoms with E-state index in [0.717, 1.165) is 12.1 Å². The van der Waals surface area contributed by atoms with E-state index in [1.165, 1.54) is 35.2 Å². The number of benzene rings is 4. The molecule has 0 radical (unpaired) electrons. The number of alkyl halides is 3. The van der Waals surface area contributed by atoms with Gasteiger partial charge in [-0.15, -0.1) is 0 Å². The van der Waals surface area contributed by atoms with E-state index < -0.39 is 56.9 Å². The van der Waals surface area contributed by atoms with Crippen LogP contribution in [0, 0.1) is 5.92 Å². The maximum absolute atomic E-state index is 14.5. The SMILES string of the molecule is CC(C)CNC(=O)C(Cc1ccccc1)N(Cc1ccc(Cl)cc1Cl)C(=O)CN(c1ccc(Cl)c(C(F)(F)F)c1)S(=O)(=O)c1ccccc1. The number of sulfonamides is 1. The molecule has 1 unspecified atom stereocenters. The zero-order chi connectivity index (χ0) is 35.9. The van der Waals surface area contributed by atoms with E-state index in [2.05, 4.69) is 5.32 Å². The molecule has 0 aliphatic heterocycles. The average Bonchev–Trinajstić information content (AvgIpc) is 3.05. The second-order valence-electron chi connectivity index (χ2n) is 11.6. The van der Waals surface area contributed by atoms with Gasteiger partial charge in [0, 0.05) is 29.6 Å². The summed E-state index contributed by atoms with van der Waals surface area (Å²) in [6.07, 6.45) is -4.89. The highest BCUT2D eigenvalue weighted by atomic mass is 35.5. The van der Waals surface area contributed by atoms with Gasteiger partial charge in [-0.25, -0.2) is 8.42 Å². The van der Waals surface area contributed by atoms with Gasteiger partial charge in [0.05, 0.1) is 21.2 Å². The maximum Gasteiger partial charge on any atom is 0.417 e. The van der Waals surface area contributed by atoms with Crippen molar-refractivity contribution in [1.82, 2.24) is 10.2 Å². The van der Waals surface area contributed by atoms with E-state index >= 15 is 0 Å². The van der Waals surface area contributed by atoms with Gasteiger partial charge < -0.3 is 10.2 Å². The van der Waals surface area contributed by atoms with Gasteiger partial charge in [0.1, 0.15) is 12.6 Å². The van der Waals surface area contributed by atoms with Crippen molar-refractivity contribution in [2.24, 2.45) is 5.92 Å². The number of hydrogen-bond acceptors (Lipinski definition) is 4. The minimum absolute atomic E-state index is 0.0340. The molecule has 0 aliphatic carbocycles. The smallest absolute Gasteiger partial charge is 0.354 e. The first-order chi connectivity index (χ1) is 23.1. The van der Waals surface area contributed by atoms with E-state index in [0.29, 0.717) is 26.5 Å². The average molecular weight is 755 g/mol. The van der Waals surface area contributed by atoms with Crippen LogP contribution in [0.2, 0.25) is 15.1 Å². The van der Waals surface area contributed by atoms with E-state index in [-0.39, 0.29) is 35.3 Å². The number of carbonyl (C=O) groups excluding carboxylic acids is 2. The molecule has 0 spiro atoms. The van der Waals surface area contributed by atoms with Crippen molar-refractivity contribution in [3.8, 4) is 0 Å². The molecule has 260 valence electrons. The minimum atomic E-state index is -4.92. The predicted molar refractivity (Wildman–Crippen MR) is 186 cm³/mol. The number of halogens is 6. The number of rotatable bonds is 13. The Hall–Kier alpha value is -3.77. The van der Waals surface area contributed by atoms with Crippen molar-refractivity contribution < 1.29 is 31.2 Å². The van der Waals surface area contributed by atoms with Crippen molar-refractivity contribution in [2.45, 2.75) is 43.9 Å². The first kappa shape index (κ1) is 38.0. The summed E-state index contributed by atoms with van der Waals surface area (Å²) in [4.78, 5) is 29.3. The summed E-state index contributed by atoms with van der Waals surface area (Å²) in [6, 6.07) is 21.9. The standard InChI is InChI=1S/C35H33Cl3F3N3O4S/c1-23(2)20-42-34(46)32(17-24-9-5-3-6-10-24)43(21-25-13-14-26(36)18-31(25)38)33(45)22-44(49(47,48)28-11-7-4-8-12-28)27-15-16-30(37)29(19-27)35(39,40)41/h3-16,18-19,23,32H,17,20-22H2,1-2H3,(H,42,46). The van der Waals surface area contributed by atoms with E-state index in [4.69, 9.17) is 34.8 Å². The van der Waals surface area contributed by atoms with Gasteiger partial charge in [0.15, 0.2) is 0 Å². The molecule has 1 atom stereocenters. The lowest BCUT2D eigenvalue weighted by atomic mass is 10.0. The third-order valence-corrected chi connectivity index (χ3v) is 10.2. The highest BCUT2D eigenvalue weighted by molar-refractivity contribution is 7.92. The van der Waals surface area contributed by atoms with Crippen LogP contribution in [-0.4, -0.2) is 44.3 Å². The van der Waals surface area contributed by atoms with Gasteiger partial charge in [0.2, 0.25) is 11.8 Å². The van der Waals surface area contributed by atoms with Gasteiger partial charge in [0.25, 0.3) is 10.0 Å². The fourth-order valence-corrected chi connectivity index (χ4v) is 7.06. The first-order valence-electron chi connectivity index (χ1n) is 15.1. The highest BCUT2D eigenvalue weighted by Gasteiger charge is 2.38. The lowest BCUT2D eigenvalue weighted by Gasteiger charge is -2.34. The van der Waals surface area contributed by atoms with Gasteiger partial charge in [-0.05, 0) is 59.5 Å². The highest BCUT2D eigenvalue weighted by Crippen LogP contribution is 2.38. The van der Waals surface area contributed by atoms with Gasteiger partial charge in [-0.3, -0.25) is 13.9 Å². The summed E-state index contributed by atoms with van der Waals surface area (Å²) >= 11 is 18.5. The second kappa shape index (κ2) is 16.3. The third kappa shape index (κ3) is 9.91.